The second-order valence-corrected chi connectivity index (χ2v) is 4.57. The molecule has 0 aromatic heterocycles. The van der Waals surface area contributed by atoms with Gasteiger partial charge in [0.1, 0.15) is 11.4 Å². The Bertz CT molecular complexity index is 589. The van der Waals surface area contributed by atoms with Crippen LogP contribution in [0.1, 0.15) is 0 Å². The number of ketones is 1. The molecule has 1 aliphatic heterocycles. The zero-order chi connectivity index (χ0) is 14.5. The Morgan fingerprint density at radius 3 is 2.90 bits per heavy atom. The zero-order valence-electron chi connectivity index (χ0n) is 11.4. The first-order chi connectivity index (χ1) is 9.56. The van der Waals surface area contributed by atoms with Gasteiger partial charge in [-0.2, -0.15) is 0 Å². The highest BCUT2D eigenvalue weighted by Gasteiger charge is 2.13. The fraction of sp³-hybridized carbons (Fsp3) is 0.133. The van der Waals surface area contributed by atoms with E-state index < -0.39 is 0 Å². The van der Waals surface area contributed by atoms with E-state index >= 15 is 0 Å². The van der Waals surface area contributed by atoms with Crippen LogP contribution in [-0.4, -0.2) is 29.9 Å². The van der Waals surface area contributed by atoms with E-state index in [-0.39, 0.29) is 11.5 Å². The summed E-state index contributed by atoms with van der Waals surface area (Å²) in [6.07, 6.45) is 8.46. The SMILES string of the molecule is CN(C)/C=C/C(=O)C1=CC=CN(c2cccc(O)c2)N1. The fourth-order valence-corrected chi connectivity index (χ4v) is 1.67. The number of nitrogens with one attached hydrogen (secondary N) is 1. The number of phenolic OH excluding ortho intramolecular Hbond substituents is 1. The summed E-state index contributed by atoms with van der Waals surface area (Å²) >= 11 is 0. The van der Waals surface area contributed by atoms with Crippen LogP contribution >= 0.6 is 0 Å². The Morgan fingerprint density at radius 2 is 2.20 bits per heavy atom. The van der Waals surface area contributed by atoms with Crippen molar-refractivity contribution in [3.63, 3.8) is 0 Å². The standard InChI is InChI=1S/C15H17N3O2/c1-17(2)10-8-15(20)14-7-4-9-18(16-14)12-5-3-6-13(19)11-12/h3-11,16,19H,1-2H3/b10-8+. The lowest BCUT2D eigenvalue weighted by molar-refractivity contribution is -0.111. The summed E-state index contributed by atoms with van der Waals surface area (Å²) in [6, 6.07) is 6.78. The van der Waals surface area contributed by atoms with Crippen molar-refractivity contribution in [3.05, 3.63) is 60.6 Å². The number of benzene rings is 1. The number of hydrogen-bond donors (Lipinski definition) is 2. The van der Waals surface area contributed by atoms with Crippen molar-refractivity contribution in [3.8, 4) is 5.75 Å². The van der Waals surface area contributed by atoms with Gasteiger partial charge >= 0.3 is 0 Å². The van der Waals surface area contributed by atoms with Crippen LogP contribution in [0.4, 0.5) is 5.69 Å². The van der Waals surface area contributed by atoms with Crippen LogP contribution in [0.25, 0.3) is 0 Å². The normalized spacial score (nSPS) is 14.1. The van der Waals surface area contributed by atoms with E-state index in [0.29, 0.717) is 5.70 Å². The van der Waals surface area contributed by atoms with E-state index in [4.69, 9.17) is 0 Å². The summed E-state index contributed by atoms with van der Waals surface area (Å²) in [6.45, 7) is 0. The number of anilines is 1. The molecule has 5 heteroatoms. The van der Waals surface area contributed by atoms with Crippen molar-refractivity contribution >= 4 is 11.5 Å². The quantitative estimate of drug-likeness (QED) is 0.817. The Hall–Kier alpha value is -2.69. The van der Waals surface area contributed by atoms with E-state index in [0.717, 1.165) is 5.69 Å². The summed E-state index contributed by atoms with van der Waals surface area (Å²) in [4.78, 5) is 13.8. The second-order valence-electron chi connectivity index (χ2n) is 4.57. The maximum absolute atomic E-state index is 12.0. The second kappa shape index (κ2) is 5.97. The van der Waals surface area contributed by atoms with Gasteiger partial charge in [0.25, 0.3) is 0 Å². The molecule has 0 atom stereocenters. The number of hydrazine groups is 1. The van der Waals surface area contributed by atoms with Gasteiger partial charge in [-0.05, 0) is 24.3 Å². The number of nitrogens with zero attached hydrogens (tertiary/aromatic N) is 2. The predicted octanol–water partition coefficient (Wildman–Crippen LogP) is 1.76. The molecular weight excluding hydrogens is 254 g/mol. The smallest absolute Gasteiger partial charge is 0.204 e. The highest BCUT2D eigenvalue weighted by Crippen LogP contribution is 2.20. The molecule has 0 fully saturated rings. The molecule has 0 saturated carbocycles. The largest absolute Gasteiger partial charge is 0.508 e. The minimum Gasteiger partial charge on any atom is -0.508 e. The lowest BCUT2D eigenvalue weighted by Crippen LogP contribution is -2.37. The predicted molar refractivity (Wildman–Crippen MR) is 78.8 cm³/mol. The number of phenols is 1. The van der Waals surface area contributed by atoms with Crippen molar-refractivity contribution in [1.29, 1.82) is 0 Å². The molecule has 0 spiro atoms. The van der Waals surface area contributed by atoms with Crippen molar-refractivity contribution < 1.29 is 9.90 Å². The summed E-state index contributed by atoms with van der Waals surface area (Å²) < 4.78 is 0. The third kappa shape index (κ3) is 3.41. The molecule has 0 saturated heterocycles. The molecule has 0 amide bonds. The lowest BCUT2D eigenvalue weighted by Gasteiger charge is -2.25. The minimum atomic E-state index is -0.117. The first-order valence-corrected chi connectivity index (χ1v) is 6.18. The van der Waals surface area contributed by atoms with Crippen LogP contribution in [-0.2, 0) is 4.79 Å². The molecule has 20 heavy (non-hydrogen) atoms. The molecule has 0 bridgehead atoms. The van der Waals surface area contributed by atoms with Crippen LogP contribution in [0.5, 0.6) is 5.75 Å². The number of carbonyl (C=O) groups excluding carboxylic acids is 1. The molecule has 0 aliphatic carbocycles. The summed E-state index contributed by atoms with van der Waals surface area (Å²) in [5.74, 6) is 0.0563. The van der Waals surface area contributed by atoms with E-state index in [1.165, 1.54) is 6.08 Å². The van der Waals surface area contributed by atoms with Crippen molar-refractivity contribution in [1.82, 2.24) is 10.3 Å². The number of hydrogen-bond acceptors (Lipinski definition) is 5. The van der Waals surface area contributed by atoms with Gasteiger partial charge < -0.3 is 10.0 Å². The van der Waals surface area contributed by atoms with Crippen LogP contribution in [0, 0.1) is 0 Å². The van der Waals surface area contributed by atoms with Crippen molar-refractivity contribution in [2.24, 2.45) is 0 Å². The minimum absolute atomic E-state index is 0.117. The monoisotopic (exact) mass is 271 g/mol. The Morgan fingerprint density at radius 1 is 1.40 bits per heavy atom. The number of aromatic hydroxyl groups is 1. The molecular formula is C15H17N3O2. The van der Waals surface area contributed by atoms with Crippen molar-refractivity contribution in [2.75, 3.05) is 19.1 Å². The van der Waals surface area contributed by atoms with Gasteiger partial charge in [0.05, 0.1) is 5.69 Å². The van der Waals surface area contributed by atoms with E-state index in [9.17, 15) is 9.90 Å². The van der Waals surface area contributed by atoms with Gasteiger partial charge in [0.15, 0.2) is 0 Å². The van der Waals surface area contributed by atoms with Crippen LogP contribution < -0.4 is 10.4 Å². The maximum Gasteiger partial charge on any atom is 0.204 e. The fourth-order valence-electron chi connectivity index (χ4n) is 1.67. The maximum atomic E-state index is 12.0. The molecule has 2 N–H and O–H groups in total. The number of rotatable bonds is 4. The van der Waals surface area contributed by atoms with Gasteiger partial charge in [-0.15, -0.1) is 0 Å². The van der Waals surface area contributed by atoms with Crippen LogP contribution in [0.15, 0.2) is 60.6 Å². The van der Waals surface area contributed by atoms with Crippen LogP contribution in [0.3, 0.4) is 0 Å². The third-order valence-corrected chi connectivity index (χ3v) is 2.64. The van der Waals surface area contributed by atoms with Gasteiger partial charge in [-0.1, -0.05) is 6.07 Å². The third-order valence-electron chi connectivity index (χ3n) is 2.64. The highest BCUT2D eigenvalue weighted by molar-refractivity contribution is 6.04. The van der Waals surface area contributed by atoms with Gasteiger partial charge in [0.2, 0.25) is 5.78 Å². The van der Waals surface area contributed by atoms with Crippen LogP contribution in [0.2, 0.25) is 0 Å². The zero-order valence-corrected chi connectivity index (χ0v) is 11.4. The molecule has 5 nitrogen and oxygen atoms in total. The summed E-state index contributed by atoms with van der Waals surface area (Å²) in [5.41, 5.74) is 4.21. The summed E-state index contributed by atoms with van der Waals surface area (Å²) in [5, 5.41) is 11.2. The highest BCUT2D eigenvalue weighted by atomic mass is 16.3. The average Bonchev–Trinajstić information content (AvgIpc) is 2.45. The average molecular weight is 271 g/mol. The molecule has 1 heterocycles. The Balaban J connectivity index is 2.11. The molecule has 0 unspecified atom stereocenters. The van der Waals surface area contributed by atoms with Gasteiger partial charge in [-0.25, -0.2) is 0 Å². The van der Waals surface area contributed by atoms with E-state index in [2.05, 4.69) is 5.43 Å². The molecule has 0 radical (unpaired) electrons. The number of allylic oxidation sites excluding steroid dienone is 3. The molecule has 104 valence electrons. The number of carbonyl (C=O) groups is 1. The van der Waals surface area contributed by atoms with Crippen molar-refractivity contribution in [2.45, 2.75) is 0 Å². The first kappa shape index (κ1) is 13.7. The molecule has 1 aromatic rings. The van der Waals surface area contributed by atoms with E-state index in [1.807, 2.05) is 20.2 Å². The molecule has 1 aliphatic rings. The van der Waals surface area contributed by atoms with Gasteiger partial charge in [-0.3, -0.25) is 15.2 Å². The van der Waals surface area contributed by atoms with E-state index in [1.54, 1.807) is 52.7 Å². The Kier molecular flexibility index (Phi) is 4.10. The topological polar surface area (TPSA) is 55.8 Å². The van der Waals surface area contributed by atoms with Gasteiger partial charge in [0, 0.05) is 38.6 Å². The molecule has 2 rings (SSSR count). The Labute approximate surface area is 118 Å². The first-order valence-electron chi connectivity index (χ1n) is 6.18. The lowest BCUT2D eigenvalue weighted by atomic mass is 10.2. The summed E-state index contributed by atoms with van der Waals surface area (Å²) in [7, 11) is 3.71. The molecule has 1 aromatic carbocycles.